The topological polar surface area (TPSA) is 26.3 Å². The second-order valence-electron chi connectivity index (χ2n) is 2.70. The minimum absolute atomic E-state index is 0.517. The summed E-state index contributed by atoms with van der Waals surface area (Å²) in [5.74, 6) is 0.730. The number of aryl methyl sites for hydroxylation is 1. The fourth-order valence-corrected chi connectivity index (χ4v) is 1.36. The monoisotopic (exact) mass is 198 g/mol. The zero-order valence-electron chi connectivity index (χ0n) is 7.42. The molecule has 0 saturated heterocycles. The number of rotatable bonds is 4. The molecule has 0 aliphatic carbocycles. The second-order valence-corrected chi connectivity index (χ2v) is 3.14. The first-order chi connectivity index (χ1) is 6.26. The predicted octanol–water partition coefficient (Wildman–Crippen LogP) is 2.48. The SMILES string of the molecule is COc1cc(Cl)cc(CCC=O)c1. The Morgan fingerprint density at radius 1 is 1.46 bits per heavy atom. The predicted molar refractivity (Wildman–Crippen MR) is 52.4 cm³/mol. The van der Waals surface area contributed by atoms with E-state index in [2.05, 4.69) is 0 Å². The van der Waals surface area contributed by atoms with Crippen LogP contribution in [0, 0.1) is 0 Å². The molecule has 0 amide bonds. The minimum atomic E-state index is 0.517. The first-order valence-electron chi connectivity index (χ1n) is 4.03. The summed E-state index contributed by atoms with van der Waals surface area (Å²) in [6.45, 7) is 0. The summed E-state index contributed by atoms with van der Waals surface area (Å²) in [4.78, 5) is 10.2. The third-order valence-corrected chi connectivity index (χ3v) is 1.94. The van der Waals surface area contributed by atoms with E-state index >= 15 is 0 Å². The molecular formula is C10H11ClO2. The zero-order chi connectivity index (χ0) is 9.68. The van der Waals surface area contributed by atoms with E-state index in [1.54, 1.807) is 13.2 Å². The maximum atomic E-state index is 10.2. The van der Waals surface area contributed by atoms with Gasteiger partial charge in [-0.2, -0.15) is 0 Å². The number of methoxy groups -OCH3 is 1. The van der Waals surface area contributed by atoms with Gasteiger partial charge in [0.2, 0.25) is 0 Å². The van der Waals surface area contributed by atoms with Crippen LogP contribution in [0.4, 0.5) is 0 Å². The van der Waals surface area contributed by atoms with Crippen LogP contribution in [0.15, 0.2) is 18.2 Å². The standard InChI is InChI=1S/C10H11ClO2/c1-13-10-6-8(3-2-4-12)5-9(11)7-10/h4-7H,2-3H2,1H3. The van der Waals surface area contributed by atoms with Crippen molar-refractivity contribution in [2.24, 2.45) is 0 Å². The Morgan fingerprint density at radius 2 is 2.23 bits per heavy atom. The molecule has 0 aliphatic rings. The number of halogens is 1. The van der Waals surface area contributed by atoms with Crippen molar-refractivity contribution in [2.75, 3.05) is 7.11 Å². The Morgan fingerprint density at radius 3 is 2.85 bits per heavy atom. The molecule has 3 heteroatoms. The largest absolute Gasteiger partial charge is 0.497 e. The number of hydrogen-bond acceptors (Lipinski definition) is 2. The molecule has 70 valence electrons. The summed E-state index contributed by atoms with van der Waals surface area (Å²) < 4.78 is 5.04. The molecule has 2 nitrogen and oxygen atoms in total. The van der Waals surface area contributed by atoms with Gasteiger partial charge < -0.3 is 9.53 Å². The fraction of sp³-hybridized carbons (Fsp3) is 0.300. The van der Waals surface area contributed by atoms with Crippen LogP contribution in [-0.2, 0) is 11.2 Å². The molecule has 0 aliphatic heterocycles. The maximum Gasteiger partial charge on any atom is 0.120 e. The number of ether oxygens (including phenoxy) is 1. The molecule has 0 radical (unpaired) electrons. The van der Waals surface area contributed by atoms with Crippen LogP contribution in [0.1, 0.15) is 12.0 Å². The van der Waals surface area contributed by atoms with Gasteiger partial charge in [-0.25, -0.2) is 0 Å². The van der Waals surface area contributed by atoms with Crippen molar-refractivity contribution in [3.05, 3.63) is 28.8 Å². The van der Waals surface area contributed by atoms with Gasteiger partial charge in [0.25, 0.3) is 0 Å². The van der Waals surface area contributed by atoms with Crippen LogP contribution in [0.5, 0.6) is 5.75 Å². The van der Waals surface area contributed by atoms with E-state index in [0.29, 0.717) is 17.9 Å². The van der Waals surface area contributed by atoms with Gasteiger partial charge in [0.1, 0.15) is 12.0 Å². The number of carbonyl (C=O) groups is 1. The Labute approximate surface area is 82.5 Å². The van der Waals surface area contributed by atoms with Gasteiger partial charge in [0, 0.05) is 11.4 Å². The summed E-state index contributed by atoms with van der Waals surface area (Å²) in [6, 6.07) is 5.47. The Kier molecular flexibility index (Phi) is 3.77. The molecule has 1 aromatic rings. The zero-order valence-corrected chi connectivity index (χ0v) is 8.17. The van der Waals surface area contributed by atoms with Crippen molar-refractivity contribution < 1.29 is 9.53 Å². The van der Waals surface area contributed by atoms with Gasteiger partial charge in [-0.3, -0.25) is 0 Å². The van der Waals surface area contributed by atoms with Crippen molar-refractivity contribution in [3.63, 3.8) is 0 Å². The van der Waals surface area contributed by atoms with Crippen LogP contribution in [0.2, 0.25) is 5.02 Å². The average molecular weight is 199 g/mol. The van der Waals surface area contributed by atoms with Crippen LogP contribution < -0.4 is 4.74 Å². The molecule has 0 unspecified atom stereocenters. The highest BCUT2D eigenvalue weighted by atomic mass is 35.5. The molecule has 0 heterocycles. The van der Waals surface area contributed by atoms with Gasteiger partial charge >= 0.3 is 0 Å². The van der Waals surface area contributed by atoms with Crippen molar-refractivity contribution in [1.82, 2.24) is 0 Å². The van der Waals surface area contributed by atoms with Gasteiger partial charge in [0.15, 0.2) is 0 Å². The van der Waals surface area contributed by atoms with E-state index in [1.165, 1.54) is 0 Å². The lowest BCUT2D eigenvalue weighted by atomic mass is 10.1. The van der Waals surface area contributed by atoms with E-state index in [-0.39, 0.29) is 0 Å². The van der Waals surface area contributed by atoms with Gasteiger partial charge in [-0.05, 0) is 30.2 Å². The number of aldehydes is 1. The summed E-state index contributed by atoms with van der Waals surface area (Å²) in [5.41, 5.74) is 1.02. The average Bonchev–Trinajstić information content (AvgIpc) is 2.14. The lowest BCUT2D eigenvalue weighted by molar-refractivity contribution is -0.107. The molecule has 0 fully saturated rings. The molecule has 1 rings (SSSR count). The summed E-state index contributed by atoms with van der Waals surface area (Å²) in [7, 11) is 1.59. The molecular weight excluding hydrogens is 188 g/mol. The van der Waals surface area contributed by atoms with E-state index < -0.39 is 0 Å². The maximum absolute atomic E-state index is 10.2. The number of carbonyl (C=O) groups excluding carboxylic acids is 1. The highest BCUT2D eigenvalue weighted by molar-refractivity contribution is 6.30. The molecule has 0 aromatic heterocycles. The van der Waals surface area contributed by atoms with Gasteiger partial charge in [-0.1, -0.05) is 11.6 Å². The molecule has 13 heavy (non-hydrogen) atoms. The first-order valence-corrected chi connectivity index (χ1v) is 4.41. The van der Waals surface area contributed by atoms with Gasteiger partial charge in [-0.15, -0.1) is 0 Å². The van der Waals surface area contributed by atoms with Crippen LogP contribution in [0.3, 0.4) is 0 Å². The molecule has 0 spiro atoms. The Bertz CT molecular complexity index is 297. The van der Waals surface area contributed by atoms with Crippen LogP contribution in [-0.4, -0.2) is 13.4 Å². The Balaban J connectivity index is 2.81. The number of hydrogen-bond donors (Lipinski definition) is 0. The molecule has 0 saturated carbocycles. The highest BCUT2D eigenvalue weighted by Crippen LogP contribution is 2.21. The van der Waals surface area contributed by atoms with E-state index in [0.717, 1.165) is 17.6 Å². The third kappa shape index (κ3) is 3.07. The molecule has 0 N–H and O–H groups in total. The summed E-state index contributed by atoms with van der Waals surface area (Å²) >= 11 is 5.84. The molecule has 1 aromatic carbocycles. The lowest BCUT2D eigenvalue weighted by Crippen LogP contribution is -1.89. The number of benzene rings is 1. The van der Waals surface area contributed by atoms with E-state index in [1.807, 2.05) is 12.1 Å². The molecule has 0 atom stereocenters. The summed E-state index contributed by atoms with van der Waals surface area (Å²) in [5, 5.41) is 0.639. The van der Waals surface area contributed by atoms with E-state index in [9.17, 15) is 4.79 Å². The smallest absolute Gasteiger partial charge is 0.120 e. The third-order valence-electron chi connectivity index (χ3n) is 1.72. The quantitative estimate of drug-likeness (QED) is 0.695. The lowest BCUT2D eigenvalue weighted by Gasteiger charge is -2.03. The van der Waals surface area contributed by atoms with Gasteiger partial charge in [0.05, 0.1) is 7.11 Å². The normalized spacial score (nSPS) is 9.69. The van der Waals surface area contributed by atoms with Crippen LogP contribution in [0.25, 0.3) is 0 Å². The highest BCUT2D eigenvalue weighted by Gasteiger charge is 1.99. The summed E-state index contributed by atoms with van der Waals surface area (Å²) in [6.07, 6.45) is 2.12. The van der Waals surface area contributed by atoms with Crippen LogP contribution >= 0.6 is 11.6 Å². The van der Waals surface area contributed by atoms with Crippen molar-refractivity contribution in [3.8, 4) is 5.75 Å². The van der Waals surface area contributed by atoms with E-state index in [4.69, 9.17) is 16.3 Å². The van der Waals surface area contributed by atoms with Crippen molar-refractivity contribution >= 4 is 17.9 Å². The Hall–Kier alpha value is -1.02. The minimum Gasteiger partial charge on any atom is -0.497 e. The second kappa shape index (κ2) is 4.87. The van der Waals surface area contributed by atoms with Crippen molar-refractivity contribution in [2.45, 2.75) is 12.8 Å². The molecule has 0 bridgehead atoms. The fourth-order valence-electron chi connectivity index (χ4n) is 1.11. The van der Waals surface area contributed by atoms with Crippen molar-refractivity contribution in [1.29, 1.82) is 0 Å². The first kappa shape index (κ1) is 10.1.